The number of ketones is 1. The first-order valence-corrected chi connectivity index (χ1v) is 10.9. The predicted octanol–water partition coefficient (Wildman–Crippen LogP) is 4.30. The van der Waals surface area contributed by atoms with E-state index in [-0.39, 0.29) is 51.4 Å². The topological polar surface area (TPSA) is 90.7 Å². The van der Waals surface area contributed by atoms with Gasteiger partial charge in [-0.2, -0.15) is 0 Å². The van der Waals surface area contributed by atoms with Crippen molar-refractivity contribution in [3.05, 3.63) is 83.1 Å². The molecule has 30 heavy (non-hydrogen) atoms. The molecular formula is C22H17FO6S. The Morgan fingerprint density at radius 3 is 2.60 bits per heavy atom. The van der Waals surface area contributed by atoms with Gasteiger partial charge in [0.05, 0.1) is 10.5 Å². The monoisotopic (exact) mass is 428 g/mol. The molecule has 0 saturated carbocycles. The third-order valence-corrected chi connectivity index (χ3v) is 6.57. The molecule has 8 heteroatoms. The van der Waals surface area contributed by atoms with Gasteiger partial charge in [-0.15, -0.1) is 0 Å². The first-order valence-electron chi connectivity index (χ1n) is 9.20. The summed E-state index contributed by atoms with van der Waals surface area (Å²) < 4.78 is 49.6. The fourth-order valence-corrected chi connectivity index (χ4v) is 4.79. The largest absolute Gasteiger partial charge is 0.453 e. The van der Waals surface area contributed by atoms with Crippen molar-refractivity contribution in [3.63, 3.8) is 0 Å². The lowest BCUT2D eigenvalue weighted by atomic mass is 10.0. The Morgan fingerprint density at radius 2 is 1.87 bits per heavy atom. The van der Waals surface area contributed by atoms with E-state index in [1.54, 1.807) is 25.1 Å². The van der Waals surface area contributed by atoms with Crippen molar-refractivity contribution in [2.24, 2.45) is 0 Å². The van der Waals surface area contributed by atoms with Gasteiger partial charge in [0.2, 0.25) is 5.76 Å². The highest BCUT2D eigenvalue weighted by atomic mass is 32.2. The summed E-state index contributed by atoms with van der Waals surface area (Å²) in [6, 6.07) is 12.9. The molecule has 0 fully saturated rings. The van der Waals surface area contributed by atoms with Crippen molar-refractivity contribution in [2.75, 3.05) is 0 Å². The molecule has 154 valence electrons. The number of furan rings is 1. The Bertz CT molecular complexity index is 1240. The van der Waals surface area contributed by atoms with Crippen LogP contribution < -0.4 is 4.74 Å². The number of benzene rings is 2. The Morgan fingerprint density at radius 1 is 1.13 bits per heavy atom. The fourth-order valence-electron chi connectivity index (χ4n) is 3.52. The highest BCUT2D eigenvalue weighted by Crippen LogP contribution is 2.40. The minimum Gasteiger partial charge on any atom is -0.453 e. The summed E-state index contributed by atoms with van der Waals surface area (Å²) in [6.07, 6.45) is 0.142. The highest BCUT2D eigenvalue weighted by molar-refractivity contribution is 7.90. The average Bonchev–Trinajstić information content (AvgIpc) is 3.29. The van der Waals surface area contributed by atoms with Crippen molar-refractivity contribution in [1.82, 2.24) is 0 Å². The van der Waals surface area contributed by atoms with Crippen molar-refractivity contribution < 1.29 is 31.6 Å². The van der Waals surface area contributed by atoms with Crippen LogP contribution in [0.3, 0.4) is 0 Å². The molecule has 0 radical (unpaired) electrons. The van der Waals surface area contributed by atoms with E-state index < -0.39 is 27.4 Å². The molecule has 1 aliphatic carbocycles. The molecule has 1 unspecified atom stereocenters. The zero-order valence-corrected chi connectivity index (χ0v) is 16.7. The van der Waals surface area contributed by atoms with Crippen molar-refractivity contribution >= 4 is 21.6 Å². The second-order valence-corrected chi connectivity index (χ2v) is 9.08. The van der Waals surface area contributed by atoms with E-state index in [1.165, 1.54) is 30.3 Å². The number of hydrogen-bond donors (Lipinski definition) is 0. The van der Waals surface area contributed by atoms with Crippen LogP contribution in [0.1, 0.15) is 51.5 Å². The predicted molar refractivity (Wildman–Crippen MR) is 105 cm³/mol. The number of carbonyl (C=O) groups excluding carboxylic acids is 2. The van der Waals surface area contributed by atoms with Gasteiger partial charge in [0, 0.05) is 12.0 Å². The van der Waals surface area contributed by atoms with Crippen LogP contribution in [0, 0.1) is 5.82 Å². The van der Waals surface area contributed by atoms with Crippen LogP contribution in [0.5, 0.6) is 5.75 Å². The molecule has 0 N–H and O–H groups in total. The number of rotatable bonds is 5. The maximum atomic E-state index is 14.1. The van der Waals surface area contributed by atoms with Gasteiger partial charge in [-0.3, -0.25) is 4.79 Å². The highest BCUT2D eigenvalue weighted by Gasteiger charge is 2.33. The van der Waals surface area contributed by atoms with E-state index in [1.807, 2.05) is 0 Å². The summed E-state index contributed by atoms with van der Waals surface area (Å²) in [7, 11) is -3.64. The molecule has 0 saturated heterocycles. The lowest BCUT2D eigenvalue weighted by molar-refractivity contribution is 0.0697. The van der Waals surface area contributed by atoms with Crippen molar-refractivity contribution in [1.29, 1.82) is 0 Å². The summed E-state index contributed by atoms with van der Waals surface area (Å²) in [6.45, 7) is 1.73. The van der Waals surface area contributed by atoms with Gasteiger partial charge in [-0.1, -0.05) is 25.1 Å². The van der Waals surface area contributed by atoms with Crippen molar-refractivity contribution in [3.8, 4) is 5.75 Å². The molecule has 3 aromatic rings. The lowest BCUT2D eigenvalue weighted by Crippen LogP contribution is -2.10. The van der Waals surface area contributed by atoms with E-state index in [2.05, 4.69) is 0 Å². The summed E-state index contributed by atoms with van der Waals surface area (Å²) in [5.41, 5.74) is 0.300. The molecule has 1 aliphatic rings. The second kappa shape index (κ2) is 7.53. The van der Waals surface area contributed by atoms with Gasteiger partial charge in [-0.25, -0.2) is 17.6 Å². The Labute approximate surface area is 172 Å². The van der Waals surface area contributed by atoms with E-state index >= 15 is 0 Å². The molecule has 1 heterocycles. The molecular weight excluding hydrogens is 411 g/mol. The number of hydrogen-bond acceptors (Lipinski definition) is 6. The summed E-state index contributed by atoms with van der Waals surface area (Å²) in [5.74, 6) is -2.63. The molecule has 0 amide bonds. The molecule has 0 bridgehead atoms. The zero-order valence-electron chi connectivity index (χ0n) is 15.9. The van der Waals surface area contributed by atoms with Crippen LogP contribution >= 0.6 is 0 Å². The smallest absolute Gasteiger partial charge is 0.379 e. The van der Waals surface area contributed by atoms with Crippen LogP contribution in [0.2, 0.25) is 0 Å². The standard InChI is InChI=1S/C22H17FO6S/c1-13-11-17(24)21-18(10-8-16(23)20(13)21)29-22(25)19-9-7-14(28-19)12-30(26,27)15-5-3-2-4-6-15/h2-10,13H,11-12H2,1H3. The van der Waals surface area contributed by atoms with Gasteiger partial charge in [0.15, 0.2) is 15.6 Å². The van der Waals surface area contributed by atoms with E-state index in [4.69, 9.17) is 9.15 Å². The molecule has 1 atom stereocenters. The molecule has 0 aliphatic heterocycles. The summed E-state index contributed by atoms with van der Waals surface area (Å²) >= 11 is 0. The number of sulfone groups is 1. The van der Waals surface area contributed by atoms with E-state index in [9.17, 15) is 22.4 Å². The maximum Gasteiger partial charge on any atom is 0.379 e. The number of fused-ring (bicyclic) bond motifs is 1. The quantitative estimate of drug-likeness (QED) is 0.445. The van der Waals surface area contributed by atoms with E-state index in [0.717, 1.165) is 6.07 Å². The van der Waals surface area contributed by atoms with Crippen molar-refractivity contribution in [2.45, 2.75) is 29.9 Å². The summed E-state index contributed by atoms with van der Waals surface area (Å²) in [5, 5.41) is 0. The summed E-state index contributed by atoms with van der Waals surface area (Å²) in [4.78, 5) is 24.8. The van der Waals surface area contributed by atoms with Gasteiger partial charge in [0.25, 0.3) is 0 Å². The zero-order chi connectivity index (χ0) is 21.5. The Hall–Kier alpha value is -3.26. The van der Waals surface area contributed by atoms with Crippen LogP contribution in [-0.2, 0) is 15.6 Å². The maximum absolute atomic E-state index is 14.1. The van der Waals surface area contributed by atoms with Gasteiger partial charge < -0.3 is 9.15 Å². The van der Waals surface area contributed by atoms with Gasteiger partial charge in [-0.05, 0) is 42.3 Å². The third kappa shape index (κ3) is 3.66. The molecule has 2 aromatic carbocycles. The molecule has 4 rings (SSSR count). The van der Waals surface area contributed by atoms with Crippen LogP contribution in [0.15, 0.2) is 63.9 Å². The Kier molecular flexibility index (Phi) is 5.03. The molecule has 0 spiro atoms. The minimum atomic E-state index is -3.64. The Balaban J connectivity index is 1.55. The van der Waals surface area contributed by atoms with Crippen LogP contribution in [0.4, 0.5) is 4.39 Å². The molecule has 1 aromatic heterocycles. The number of halogens is 1. The lowest BCUT2D eigenvalue weighted by Gasteiger charge is -2.09. The van der Waals surface area contributed by atoms with Gasteiger partial charge in [0.1, 0.15) is 23.1 Å². The molecule has 6 nitrogen and oxygen atoms in total. The normalized spacial score (nSPS) is 15.8. The SMILES string of the molecule is CC1CC(=O)c2c(OC(=O)c3ccc(CS(=O)(=O)c4ccccc4)o3)ccc(F)c21. The first kappa shape index (κ1) is 20.0. The number of Topliss-reactive ketones (excluding diaryl/α,β-unsaturated/α-hetero) is 1. The average molecular weight is 428 g/mol. The van der Waals surface area contributed by atoms with Crippen LogP contribution in [0.25, 0.3) is 0 Å². The number of ether oxygens (including phenoxy) is 1. The second-order valence-electron chi connectivity index (χ2n) is 7.09. The third-order valence-electron chi connectivity index (χ3n) is 4.92. The van der Waals surface area contributed by atoms with E-state index in [0.29, 0.717) is 0 Å². The minimum absolute atomic E-state index is 0.0411. The first-order chi connectivity index (χ1) is 14.3. The number of esters is 1. The van der Waals surface area contributed by atoms with Gasteiger partial charge >= 0.3 is 5.97 Å². The number of carbonyl (C=O) groups is 2. The van der Waals surface area contributed by atoms with Crippen LogP contribution in [-0.4, -0.2) is 20.2 Å². The fraction of sp³-hybridized carbons (Fsp3) is 0.182.